The van der Waals surface area contributed by atoms with Crippen LogP contribution >= 0.6 is 27.5 Å². The van der Waals surface area contributed by atoms with Gasteiger partial charge >= 0.3 is 12.0 Å². The van der Waals surface area contributed by atoms with Crippen molar-refractivity contribution in [1.29, 1.82) is 0 Å². The monoisotopic (exact) mass is 362 g/mol. The molecule has 0 radical (unpaired) electrons. The third-order valence-electron chi connectivity index (χ3n) is 2.94. The predicted molar refractivity (Wildman–Crippen MR) is 82.2 cm³/mol. The molecule has 1 rings (SSSR count). The molecule has 0 aliphatic carbocycles. The number of amides is 2. The van der Waals surface area contributed by atoms with Gasteiger partial charge in [-0.05, 0) is 24.1 Å². The zero-order valence-corrected chi connectivity index (χ0v) is 13.5. The molecule has 0 aliphatic rings. The van der Waals surface area contributed by atoms with E-state index in [9.17, 15) is 9.59 Å². The van der Waals surface area contributed by atoms with Gasteiger partial charge in [-0.15, -0.1) is 0 Å². The summed E-state index contributed by atoms with van der Waals surface area (Å²) in [6, 6.07) is 3.47. The summed E-state index contributed by atoms with van der Waals surface area (Å²) in [5, 5.41) is 14.5. The summed E-state index contributed by atoms with van der Waals surface area (Å²) in [7, 11) is 0. The Hall–Kier alpha value is -1.27. The number of hydrogen-bond donors (Lipinski definition) is 3. The van der Waals surface area contributed by atoms with E-state index in [4.69, 9.17) is 16.7 Å². The number of carboxylic acids is 1. The van der Waals surface area contributed by atoms with Crippen LogP contribution in [-0.4, -0.2) is 23.1 Å². The maximum Gasteiger partial charge on any atom is 0.326 e. The number of carboxylic acid groups (broad SMARTS) is 1. The van der Waals surface area contributed by atoms with Crippen molar-refractivity contribution in [3.05, 3.63) is 27.7 Å². The Morgan fingerprint density at radius 1 is 1.45 bits per heavy atom. The number of benzene rings is 1. The zero-order chi connectivity index (χ0) is 15.3. The largest absolute Gasteiger partial charge is 0.480 e. The van der Waals surface area contributed by atoms with Gasteiger partial charge in [0.2, 0.25) is 0 Å². The first-order valence-electron chi connectivity index (χ1n) is 6.10. The van der Waals surface area contributed by atoms with Crippen LogP contribution in [0.2, 0.25) is 5.02 Å². The highest BCUT2D eigenvalue weighted by Crippen LogP contribution is 2.25. The maximum absolute atomic E-state index is 11.9. The molecule has 1 aromatic carbocycles. The second-order valence-electron chi connectivity index (χ2n) is 4.42. The number of carbonyl (C=O) groups is 2. The van der Waals surface area contributed by atoms with E-state index in [2.05, 4.69) is 26.6 Å². The van der Waals surface area contributed by atoms with E-state index in [1.165, 1.54) is 0 Å². The van der Waals surface area contributed by atoms with Crippen molar-refractivity contribution in [2.45, 2.75) is 26.3 Å². The Bertz CT molecular complexity index is 510. The molecule has 3 N–H and O–H groups in total. The molecule has 0 bridgehead atoms. The molecule has 20 heavy (non-hydrogen) atoms. The highest BCUT2D eigenvalue weighted by atomic mass is 79.9. The van der Waals surface area contributed by atoms with Crippen LogP contribution in [0.5, 0.6) is 0 Å². The van der Waals surface area contributed by atoms with Crippen LogP contribution in [0.15, 0.2) is 22.7 Å². The fourth-order valence-electron chi connectivity index (χ4n) is 1.58. The lowest BCUT2D eigenvalue weighted by molar-refractivity contribution is -0.140. The molecular weight excluding hydrogens is 348 g/mol. The van der Waals surface area contributed by atoms with Gasteiger partial charge in [-0.25, -0.2) is 9.59 Å². The first-order valence-corrected chi connectivity index (χ1v) is 7.27. The topological polar surface area (TPSA) is 78.4 Å². The van der Waals surface area contributed by atoms with Crippen molar-refractivity contribution >= 4 is 45.2 Å². The maximum atomic E-state index is 11.9. The van der Waals surface area contributed by atoms with Crippen molar-refractivity contribution in [1.82, 2.24) is 5.32 Å². The number of nitrogens with one attached hydrogen (secondary N) is 2. The molecule has 2 atom stereocenters. The number of rotatable bonds is 5. The average molecular weight is 364 g/mol. The van der Waals surface area contributed by atoms with E-state index < -0.39 is 18.0 Å². The van der Waals surface area contributed by atoms with E-state index in [0.29, 0.717) is 17.1 Å². The summed E-state index contributed by atoms with van der Waals surface area (Å²) in [5.74, 6) is -1.23. The first kappa shape index (κ1) is 16.8. The number of hydrogen-bond acceptors (Lipinski definition) is 2. The fourth-order valence-corrected chi connectivity index (χ4v) is 2.10. The summed E-state index contributed by atoms with van der Waals surface area (Å²) < 4.78 is 0.758. The Balaban J connectivity index is 2.75. The second kappa shape index (κ2) is 7.50. The molecular formula is C13H16BrClN2O3. The molecule has 1 aromatic rings. The third-order valence-corrected chi connectivity index (χ3v) is 3.77. The van der Waals surface area contributed by atoms with Crippen LogP contribution < -0.4 is 10.6 Å². The third kappa shape index (κ3) is 4.68. The molecule has 110 valence electrons. The SMILES string of the molecule is CCC(C)C(NC(=O)Nc1cc(Br)ccc1Cl)C(=O)O. The minimum Gasteiger partial charge on any atom is -0.480 e. The van der Waals surface area contributed by atoms with Gasteiger partial charge in [0, 0.05) is 4.47 Å². The van der Waals surface area contributed by atoms with Crippen molar-refractivity contribution in [2.75, 3.05) is 5.32 Å². The smallest absolute Gasteiger partial charge is 0.326 e. The van der Waals surface area contributed by atoms with Crippen LogP contribution in [0.25, 0.3) is 0 Å². The minimum absolute atomic E-state index is 0.170. The summed E-state index contributed by atoms with van der Waals surface area (Å²) >= 11 is 9.22. The molecule has 5 nitrogen and oxygen atoms in total. The van der Waals surface area contributed by atoms with Gasteiger partial charge in [-0.2, -0.15) is 0 Å². The highest BCUT2D eigenvalue weighted by Gasteiger charge is 2.25. The lowest BCUT2D eigenvalue weighted by Gasteiger charge is -2.20. The van der Waals surface area contributed by atoms with E-state index in [1.54, 1.807) is 25.1 Å². The second-order valence-corrected chi connectivity index (χ2v) is 5.75. The Kier molecular flexibility index (Phi) is 6.29. The highest BCUT2D eigenvalue weighted by molar-refractivity contribution is 9.10. The Labute approximate surface area is 130 Å². The molecule has 0 aliphatic heterocycles. The van der Waals surface area contributed by atoms with Gasteiger partial charge in [0.05, 0.1) is 10.7 Å². The summed E-state index contributed by atoms with van der Waals surface area (Å²) in [5.41, 5.74) is 0.409. The number of halogens is 2. The van der Waals surface area contributed by atoms with Crippen molar-refractivity contribution in [2.24, 2.45) is 5.92 Å². The van der Waals surface area contributed by atoms with E-state index in [0.717, 1.165) is 4.47 Å². The summed E-state index contributed by atoms with van der Waals surface area (Å²) in [4.78, 5) is 23.0. The van der Waals surface area contributed by atoms with Crippen molar-refractivity contribution < 1.29 is 14.7 Å². The molecule has 0 saturated heterocycles. The number of anilines is 1. The molecule has 2 amide bonds. The normalized spacial score (nSPS) is 13.4. The van der Waals surface area contributed by atoms with Crippen LogP contribution in [0.1, 0.15) is 20.3 Å². The van der Waals surface area contributed by atoms with E-state index >= 15 is 0 Å². The van der Waals surface area contributed by atoms with Gasteiger partial charge in [0.25, 0.3) is 0 Å². The van der Waals surface area contributed by atoms with Crippen LogP contribution in [0.3, 0.4) is 0 Å². The van der Waals surface area contributed by atoms with Gasteiger partial charge < -0.3 is 15.7 Å². The summed E-state index contributed by atoms with van der Waals surface area (Å²) in [6.45, 7) is 3.64. The lowest BCUT2D eigenvalue weighted by Crippen LogP contribution is -2.46. The lowest BCUT2D eigenvalue weighted by atomic mass is 9.99. The van der Waals surface area contributed by atoms with Gasteiger partial charge in [-0.1, -0.05) is 47.8 Å². The van der Waals surface area contributed by atoms with Crippen LogP contribution in [-0.2, 0) is 4.79 Å². The predicted octanol–water partition coefficient (Wildman–Crippen LogP) is 3.72. The average Bonchev–Trinajstić information content (AvgIpc) is 2.39. The van der Waals surface area contributed by atoms with Gasteiger partial charge in [-0.3, -0.25) is 0 Å². The van der Waals surface area contributed by atoms with E-state index in [-0.39, 0.29) is 5.92 Å². The number of carbonyl (C=O) groups excluding carboxylic acids is 1. The van der Waals surface area contributed by atoms with Crippen LogP contribution in [0.4, 0.5) is 10.5 Å². The Morgan fingerprint density at radius 3 is 2.65 bits per heavy atom. The molecule has 0 saturated carbocycles. The molecule has 2 unspecified atom stereocenters. The molecule has 0 spiro atoms. The quantitative estimate of drug-likeness (QED) is 0.746. The molecule has 0 fully saturated rings. The standard InChI is InChI=1S/C13H16BrClN2O3/c1-3-7(2)11(12(18)19)17-13(20)16-10-6-8(14)4-5-9(10)15/h4-7,11H,3H2,1-2H3,(H,18,19)(H2,16,17,20). The minimum atomic E-state index is -1.06. The Morgan fingerprint density at radius 2 is 2.10 bits per heavy atom. The number of urea groups is 1. The van der Waals surface area contributed by atoms with Crippen molar-refractivity contribution in [3.8, 4) is 0 Å². The fraction of sp³-hybridized carbons (Fsp3) is 0.385. The zero-order valence-electron chi connectivity index (χ0n) is 11.1. The summed E-state index contributed by atoms with van der Waals surface area (Å²) in [6.07, 6.45) is 0.648. The molecule has 7 heteroatoms. The van der Waals surface area contributed by atoms with E-state index in [1.807, 2.05) is 6.92 Å². The van der Waals surface area contributed by atoms with Crippen molar-refractivity contribution in [3.63, 3.8) is 0 Å². The first-order chi connectivity index (χ1) is 9.35. The van der Waals surface area contributed by atoms with Gasteiger partial charge in [0.1, 0.15) is 6.04 Å². The van der Waals surface area contributed by atoms with Crippen LogP contribution in [0, 0.1) is 5.92 Å². The number of aliphatic carboxylic acids is 1. The molecule has 0 aromatic heterocycles. The van der Waals surface area contributed by atoms with Gasteiger partial charge in [0.15, 0.2) is 0 Å². The molecule has 0 heterocycles.